The first-order valence-electron chi connectivity index (χ1n) is 9.76. The summed E-state index contributed by atoms with van der Waals surface area (Å²) in [5.74, 6) is -2.25. The maximum absolute atomic E-state index is 15.3. The third-order valence-corrected chi connectivity index (χ3v) is 6.38. The summed E-state index contributed by atoms with van der Waals surface area (Å²) in [5.41, 5.74) is -0.441. The highest BCUT2D eigenvalue weighted by molar-refractivity contribution is 6.13. The second-order valence-corrected chi connectivity index (χ2v) is 8.31. The van der Waals surface area contributed by atoms with Gasteiger partial charge in [-0.2, -0.15) is 0 Å². The number of rotatable bonds is 2. The molecule has 170 valence electrons. The number of carbonyl (C=O) groups is 2. The van der Waals surface area contributed by atoms with Gasteiger partial charge in [0.15, 0.2) is 5.78 Å². The van der Waals surface area contributed by atoms with Gasteiger partial charge in [0.25, 0.3) is 0 Å². The Kier molecular flexibility index (Phi) is 6.85. The van der Waals surface area contributed by atoms with Crippen LogP contribution in [0.1, 0.15) is 53.9 Å². The van der Waals surface area contributed by atoms with Crippen LogP contribution in [0.15, 0.2) is 17.1 Å². The molecule has 3 atom stereocenters. The number of likely N-dealkylation sites (N-methyl/N-ethyl adjacent to an activating group) is 1. The molecule has 8 nitrogen and oxygen atoms in total. The molecular weight excluding hydrogens is 429 g/mol. The van der Waals surface area contributed by atoms with Gasteiger partial charge in [0.2, 0.25) is 5.43 Å². The van der Waals surface area contributed by atoms with Crippen molar-refractivity contribution in [2.45, 2.75) is 45.3 Å². The maximum atomic E-state index is 15.3. The third-order valence-electron chi connectivity index (χ3n) is 6.38. The van der Waals surface area contributed by atoms with Crippen molar-refractivity contribution in [1.29, 1.82) is 0 Å². The number of Topliss-reactive ketones (excluding diaryl/α,β-unsaturated/α-hetero) is 1. The molecule has 2 aromatic rings. The first-order chi connectivity index (χ1) is 13.6. The minimum Gasteiger partial charge on any atom is -0.477 e. The van der Waals surface area contributed by atoms with E-state index in [2.05, 4.69) is 4.90 Å². The van der Waals surface area contributed by atoms with Gasteiger partial charge in [-0.3, -0.25) is 14.5 Å². The fourth-order valence-electron chi connectivity index (χ4n) is 4.61. The van der Waals surface area contributed by atoms with Crippen LogP contribution < -0.4 is 10.3 Å². The highest BCUT2D eigenvalue weighted by Crippen LogP contribution is 2.39. The molecule has 0 radical (unpaired) electrons. The number of hydrogen-bond donors (Lipinski definition) is 1. The minimum absolute atomic E-state index is 0. The van der Waals surface area contributed by atoms with E-state index in [1.807, 2.05) is 25.8 Å². The van der Waals surface area contributed by atoms with Crippen LogP contribution in [0.25, 0.3) is 10.9 Å². The van der Waals surface area contributed by atoms with Crippen LogP contribution in [0.3, 0.4) is 0 Å². The number of anilines is 1. The zero-order chi connectivity index (χ0) is 21.2. The van der Waals surface area contributed by atoms with Crippen LogP contribution in [0.2, 0.25) is 0 Å². The quantitative estimate of drug-likeness (QED) is 0.741. The largest absolute Gasteiger partial charge is 0.477 e. The maximum Gasteiger partial charge on any atom is 0.341 e. The zero-order valence-electron chi connectivity index (χ0n) is 17.8. The number of nitrogens with zero attached hydrogens (tertiary/aromatic N) is 3. The number of benzene rings is 1. The number of piperazine rings is 1. The van der Waals surface area contributed by atoms with E-state index in [9.17, 15) is 19.5 Å². The Morgan fingerprint density at radius 3 is 2.26 bits per heavy atom. The van der Waals surface area contributed by atoms with Crippen molar-refractivity contribution in [2.75, 3.05) is 25.0 Å². The van der Waals surface area contributed by atoms with Crippen molar-refractivity contribution in [3.63, 3.8) is 0 Å². The molecule has 1 saturated heterocycles. The lowest BCUT2D eigenvalue weighted by molar-refractivity contribution is 0.0694. The summed E-state index contributed by atoms with van der Waals surface area (Å²) in [6, 6.07) is 1.10. The van der Waals surface area contributed by atoms with E-state index in [-0.39, 0.29) is 64.8 Å². The molecule has 1 fully saturated rings. The Hall–Kier alpha value is -2.49. The van der Waals surface area contributed by atoms with Gasteiger partial charge in [0.1, 0.15) is 11.4 Å². The molecule has 2 aliphatic heterocycles. The lowest BCUT2D eigenvalue weighted by Gasteiger charge is -2.44. The van der Waals surface area contributed by atoms with E-state index in [4.69, 9.17) is 0 Å². The molecule has 0 aliphatic carbocycles. The Bertz CT molecular complexity index is 1110. The van der Waals surface area contributed by atoms with Gasteiger partial charge >= 0.3 is 5.97 Å². The molecule has 0 bridgehead atoms. The lowest BCUT2D eigenvalue weighted by Crippen LogP contribution is -2.55. The average molecular weight is 456 g/mol. The predicted molar refractivity (Wildman–Crippen MR) is 119 cm³/mol. The Labute approximate surface area is 185 Å². The summed E-state index contributed by atoms with van der Waals surface area (Å²) in [6.07, 6.45) is 1.41. The smallest absolute Gasteiger partial charge is 0.341 e. The number of aromatic nitrogens is 1. The summed E-state index contributed by atoms with van der Waals surface area (Å²) in [5, 5.41) is 9.34. The molecule has 4 rings (SSSR count). The number of aromatic carboxylic acids is 1. The molecule has 1 aromatic carbocycles. The number of carbonyl (C=O) groups excluding carboxylic acids is 1. The van der Waals surface area contributed by atoms with E-state index >= 15 is 4.39 Å². The highest BCUT2D eigenvalue weighted by atomic mass is 35.5. The number of halogens is 2. The zero-order valence-corrected chi connectivity index (χ0v) is 18.6. The van der Waals surface area contributed by atoms with Gasteiger partial charge in [-0.25, -0.2) is 9.18 Å². The van der Waals surface area contributed by atoms with Crippen molar-refractivity contribution in [1.82, 2.24) is 9.47 Å². The molecule has 10 heteroatoms. The fraction of sp³-hybridized carbons (Fsp3) is 0.476. The monoisotopic (exact) mass is 455 g/mol. The van der Waals surface area contributed by atoms with Crippen LogP contribution in [0.5, 0.6) is 0 Å². The van der Waals surface area contributed by atoms with Gasteiger partial charge < -0.3 is 20.0 Å². The van der Waals surface area contributed by atoms with E-state index in [0.717, 1.165) is 6.07 Å². The van der Waals surface area contributed by atoms with Crippen molar-refractivity contribution in [2.24, 2.45) is 0 Å². The molecule has 0 amide bonds. The van der Waals surface area contributed by atoms with Gasteiger partial charge in [-0.1, -0.05) is 0 Å². The van der Waals surface area contributed by atoms with Crippen molar-refractivity contribution < 1.29 is 24.6 Å². The Morgan fingerprint density at radius 2 is 1.71 bits per heavy atom. The molecule has 31 heavy (non-hydrogen) atoms. The Morgan fingerprint density at radius 1 is 1.13 bits per heavy atom. The van der Waals surface area contributed by atoms with E-state index in [1.54, 1.807) is 11.5 Å². The molecule has 0 spiro atoms. The van der Waals surface area contributed by atoms with Crippen LogP contribution >= 0.6 is 12.4 Å². The van der Waals surface area contributed by atoms with Gasteiger partial charge in [-0.15, -0.1) is 12.4 Å². The first kappa shape index (κ1) is 24.8. The lowest BCUT2D eigenvalue weighted by atomic mass is 9.92. The van der Waals surface area contributed by atoms with Gasteiger partial charge in [0, 0.05) is 43.8 Å². The molecule has 3 heterocycles. The van der Waals surface area contributed by atoms with E-state index in [0.29, 0.717) is 18.6 Å². The SMILES string of the molecule is CC1CN(c2c(F)cc3c(=O)c(C(=O)O)cn4c3c2C(=O)CC4C)CC(C)N1C.Cl.O. The third kappa shape index (κ3) is 3.71. The number of ketones is 1. The van der Waals surface area contributed by atoms with E-state index in [1.165, 1.54) is 6.20 Å². The molecular formula is C21H27ClFN3O5. The topological polar surface area (TPSA) is 114 Å². The number of carboxylic acid groups (broad SMARTS) is 1. The number of pyridine rings is 1. The normalized spacial score (nSPS) is 23.3. The average Bonchev–Trinajstić information content (AvgIpc) is 2.64. The molecule has 3 unspecified atom stereocenters. The summed E-state index contributed by atoms with van der Waals surface area (Å²) >= 11 is 0. The first-order valence-corrected chi connectivity index (χ1v) is 9.76. The van der Waals surface area contributed by atoms with Crippen LogP contribution in [0.4, 0.5) is 10.1 Å². The second kappa shape index (κ2) is 8.57. The molecule has 2 aliphatic rings. The minimum atomic E-state index is -1.36. The highest BCUT2D eigenvalue weighted by Gasteiger charge is 2.35. The van der Waals surface area contributed by atoms with Gasteiger partial charge in [-0.05, 0) is 33.9 Å². The molecule has 1 aromatic heterocycles. The van der Waals surface area contributed by atoms with Crippen molar-refractivity contribution >= 4 is 40.7 Å². The summed E-state index contributed by atoms with van der Waals surface area (Å²) in [4.78, 5) is 41.4. The number of carboxylic acids is 1. The van der Waals surface area contributed by atoms with Crippen LogP contribution in [-0.2, 0) is 0 Å². The number of hydrogen-bond acceptors (Lipinski definition) is 5. The van der Waals surface area contributed by atoms with Crippen molar-refractivity contribution in [3.05, 3.63) is 39.4 Å². The predicted octanol–water partition coefficient (Wildman–Crippen LogP) is 2.11. The fourth-order valence-corrected chi connectivity index (χ4v) is 4.61. The Balaban J connectivity index is 0.00000171. The standard InChI is InChI=1S/C21H24FN3O4.ClH.H2O/c1-10-5-16(26)17-18-13(20(27)14(21(28)29)9-25(10)18)6-15(22)19(17)24-7-11(2)23(4)12(3)8-24;;/h6,9-12H,5,7-8H2,1-4H3,(H,28,29);1H;1H2. The summed E-state index contributed by atoms with van der Waals surface area (Å²) in [7, 11) is 2.02. The second-order valence-electron chi connectivity index (χ2n) is 8.31. The summed E-state index contributed by atoms with van der Waals surface area (Å²) in [6.45, 7) is 6.99. The molecule has 3 N–H and O–H groups in total. The molecule has 0 saturated carbocycles. The van der Waals surface area contributed by atoms with Crippen molar-refractivity contribution in [3.8, 4) is 0 Å². The van der Waals surface area contributed by atoms with Crippen LogP contribution in [-0.4, -0.2) is 64.0 Å². The summed E-state index contributed by atoms with van der Waals surface area (Å²) < 4.78 is 17.0. The van der Waals surface area contributed by atoms with E-state index < -0.39 is 22.8 Å². The van der Waals surface area contributed by atoms with Gasteiger partial charge in [0.05, 0.1) is 22.2 Å². The van der Waals surface area contributed by atoms with Crippen LogP contribution in [0, 0.1) is 5.82 Å².